The topological polar surface area (TPSA) is 146 Å². The number of phosphoric ester groups is 1. The fourth-order valence-corrected chi connectivity index (χ4v) is 7.81. The van der Waals surface area contributed by atoms with Crippen molar-refractivity contribution >= 4 is 25.5 Å². The largest absolute Gasteiger partial charge is 0.472 e. The summed E-state index contributed by atoms with van der Waals surface area (Å²) in [4.78, 5) is 48.0. The Morgan fingerprint density at radius 1 is 0.750 bits per heavy atom. The maximum absolute atomic E-state index is 12.8. The van der Waals surface area contributed by atoms with Gasteiger partial charge in [-0.15, -0.1) is 0 Å². The standard InChI is InChI=1S/C48H86NO10P/c1-6-8-10-11-12-13-14-15-16-17-18-19-20-21-22-23-28-32-47(52)56-40-44(41-58-60(54,55)57-39-38-49(3,4)5)59-48(53)33-29-25-24-27-30-42-34-37-46(51)45(42)36-35-43(50)31-26-9-7-2/h24,27,34-37,42-45,50H,6-23,25-26,28-33,38-41H2,1-5H3/p+1/b27-24-,36-35+/t42-,43-,44+,45+/m0/s1. The molecule has 0 saturated carbocycles. The maximum Gasteiger partial charge on any atom is 0.472 e. The Morgan fingerprint density at radius 3 is 1.88 bits per heavy atom. The number of quaternary nitrogens is 1. The molecule has 0 saturated heterocycles. The summed E-state index contributed by atoms with van der Waals surface area (Å²) in [5, 5.41) is 10.2. The molecule has 11 nitrogen and oxygen atoms in total. The van der Waals surface area contributed by atoms with Crippen molar-refractivity contribution in [3.05, 3.63) is 36.5 Å². The number of aliphatic hydroxyl groups excluding tert-OH is 1. The van der Waals surface area contributed by atoms with Gasteiger partial charge in [-0.3, -0.25) is 23.4 Å². The molecule has 5 atom stereocenters. The molecule has 348 valence electrons. The summed E-state index contributed by atoms with van der Waals surface area (Å²) in [6.45, 7) is 4.11. The van der Waals surface area contributed by atoms with E-state index in [0.717, 1.165) is 38.5 Å². The Balaban J connectivity index is 2.42. The minimum atomic E-state index is -4.43. The van der Waals surface area contributed by atoms with Crippen LogP contribution in [-0.4, -0.2) is 91.9 Å². The number of hydrogen-bond donors (Lipinski definition) is 2. The highest BCUT2D eigenvalue weighted by atomic mass is 31.2. The molecule has 1 aliphatic carbocycles. The lowest BCUT2D eigenvalue weighted by Crippen LogP contribution is -2.37. The van der Waals surface area contributed by atoms with Crippen LogP contribution in [0.4, 0.5) is 0 Å². The van der Waals surface area contributed by atoms with Crippen molar-refractivity contribution in [2.45, 2.75) is 193 Å². The van der Waals surface area contributed by atoms with E-state index in [1.54, 1.807) is 12.2 Å². The predicted molar refractivity (Wildman–Crippen MR) is 242 cm³/mol. The summed E-state index contributed by atoms with van der Waals surface area (Å²) in [5.74, 6) is -1.16. The first-order chi connectivity index (χ1) is 28.8. The summed E-state index contributed by atoms with van der Waals surface area (Å²) in [5.41, 5.74) is 0. The van der Waals surface area contributed by atoms with Gasteiger partial charge in [-0.2, -0.15) is 0 Å². The summed E-state index contributed by atoms with van der Waals surface area (Å²) < 4.78 is 34.3. The van der Waals surface area contributed by atoms with E-state index in [4.69, 9.17) is 18.5 Å². The molecule has 0 spiro atoms. The number of allylic oxidation sites excluding steroid dienone is 5. The lowest BCUT2D eigenvalue weighted by molar-refractivity contribution is -0.870. The number of carbonyl (C=O) groups excluding carboxylic acids is 3. The van der Waals surface area contributed by atoms with Gasteiger partial charge in [-0.05, 0) is 44.1 Å². The number of rotatable bonds is 40. The molecule has 2 N–H and O–H groups in total. The number of nitrogens with zero attached hydrogens (tertiary/aromatic N) is 1. The fourth-order valence-electron chi connectivity index (χ4n) is 7.06. The molecule has 1 rings (SSSR count). The molecule has 12 heteroatoms. The van der Waals surface area contributed by atoms with Crippen LogP contribution in [0, 0.1) is 11.8 Å². The van der Waals surface area contributed by atoms with Gasteiger partial charge in [0.2, 0.25) is 0 Å². The van der Waals surface area contributed by atoms with Crippen LogP contribution in [0.2, 0.25) is 0 Å². The Kier molecular flexibility index (Phi) is 32.9. The van der Waals surface area contributed by atoms with Gasteiger partial charge in [0.1, 0.15) is 19.8 Å². The second-order valence-electron chi connectivity index (χ2n) is 17.8. The molecule has 0 radical (unpaired) electrons. The van der Waals surface area contributed by atoms with E-state index in [1.165, 1.54) is 83.5 Å². The lowest BCUT2D eigenvalue weighted by atomic mass is 9.90. The second kappa shape index (κ2) is 35.3. The molecule has 0 fully saturated rings. The molecule has 1 aliphatic rings. The molecule has 0 amide bonds. The summed E-state index contributed by atoms with van der Waals surface area (Å²) >= 11 is 0. The van der Waals surface area contributed by atoms with Gasteiger partial charge in [0.05, 0.1) is 33.9 Å². The van der Waals surface area contributed by atoms with E-state index in [1.807, 2.05) is 45.4 Å². The number of carbonyl (C=O) groups is 3. The summed E-state index contributed by atoms with van der Waals surface area (Å²) in [7, 11) is 1.36. The van der Waals surface area contributed by atoms with Gasteiger partial charge in [-0.25, -0.2) is 4.57 Å². The van der Waals surface area contributed by atoms with Crippen LogP contribution in [0.1, 0.15) is 181 Å². The fraction of sp³-hybridized carbons (Fsp3) is 0.812. The number of phosphoric acid groups is 1. The SMILES string of the molecule is CCCCCCCCCCCCCCCCCCCC(=O)OC[C@H](COP(=O)(O)OCC[N+](C)(C)C)OC(=O)CCC/C=C\C[C@H]1C=CC(=O)[C@@H]1/C=C/[C@@H](O)CCCCC. The number of likely N-dealkylation sites (N-methyl/N-ethyl adjacent to an activating group) is 1. The number of unbranched alkanes of at least 4 members (excludes halogenated alkanes) is 19. The van der Waals surface area contributed by atoms with Crippen molar-refractivity contribution in [3.63, 3.8) is 0 Å². The molecule has 0 aliphatic heterocycles. The maximum atomic E-state index is 12.8. The third-order valence-corrected chi connectivity index (χ3v) is 11.9. The number of aliphatic hydroxyl groups is 1. The Morgan fingerprint density at radius 2 is 1.30 bits per heavy atom. The van der Waals surface area contributed by atoms with Crippen molar-refractivity contribution in [3.8, 4) is 0 Å². The lowest BCUT2D eigenvalue weighted by Gasteiger charge is -2.24. The Bertz CT molecular complexity index is 1260. The van der Waals surface area contributed by atoms with Gasteiger partial charge in [0.25, 0.3) is 0 Å². The Hall–Kier alpha value is -2.14. The number of esters is 2. The molecule has 0 bridgehead atoms. The summed E-state index contributed by atoms with van der Waals surface area (Å²) in [6, 6.07) is 0. The average molecular weight is 869 g/mol. The smallest absolute Gasteiger partial charge is 0.462 e. The van der Waals surface area contributed by atoms with Crippen molar-refractivity contribution in [2.24, 2.45) is 11.8 Å². The first-order valence-corrected chi connectivity index (χ1v) is 25.3. The zero-order chi connectivity index (χ0) is 44.3. The van der Waals surface area contributed by atoms with Gasteiger partial charge in [0, 0.05) is 18.8 Å². The molecular formula is C48H87NO10P+. The van der Waals surface area contributed by atoms with Gasteiger partial charge in [0.15, 0.2) is 11.9 Å². The zero-order valence-corrected chi connectivity index (χ0v) is 39.4. The van der Waals surface area contributed by atoms with Crippen molar-refractivity contribution in [1.82, 2.24) is 0 Å². The highest BCUT2D eigenvalue weighted by Gasteiger charge is 2.28. The number of ketones is 1. The van der Waals surface area contributed by atoms with E-state index in [0.29, 0.717) is 43.1 Å². The minimum absolute atomic E-state index is 0.00343. The monoisotopic (exact) mass is 869 g/mol. The number of hydrogen-bond acceptors (Lipinski definition) is 9. The van der Waals surface area contributed by atoms with Crippen LogP contribution >= 0.6 is 7.82 Å². The quantitative estimate of drug-likeness (QED) is 0.0201. The second-order valence-corrected chi connectivity index (χ2v) is 19.3. The average Bonchev–Trinajstić information content (AvgIpc) is 3.55. The molecule has 0 heterocycles. The molecule has 0 aromatic carbocycles. The first-order valence-electron chi connectivity index (χ1n) is 23.8. The third-order valence-electron chi connectivity index (χ3n) is 10.9. The molecule has 0 aromatic rings. The molecule has 60 heavy (non-hydrogen) atoms. The van der Waals surface area contributed by atoms with E-state index < -0.39 is 38.6 Å². The first kappa shape index (κ1) is 55.9. The normalized spacial score (nSPS) is 17.8. The van der Waals surface area contributed by atoms with Gasteiger partial charge >= 0.3 is 19.8 Å². The number of ether oxygens (including phenoxy) is 2. The van der Waals surface area contributed by atoms with Crippen molar-refractivity contribution in [1.29, 1.82) is 0 Å². The predicted octanol–water partition coefficient (Wildman–Crippen LogP) is 11.3. The van der Waals surface area contributed by atoms with Gasteiger partial charge < -0.3 is 24.0 Å². The zero-order valence-electron chi connectivity index (χ0n) is 38.5. The van der Waals surface area contributed by atoms with Crippen molar-refractivity contribution < 1.29 is 52.0 Å². The van der Waals surface area contributed by atoms with E-state index >= 15 is 0 Å². The Labute approximate surface area is 365 Å². The highest BCUT2D eigenvalue weighted by molar-refractivity contribution is 7.47. The highest BCUT2D eigenvalue weighted by Crippen LogP contribution is 2.43. The van der Waals surface area contributed by atoms with Gasteiger partial charge in [-0.1, -0.05) is 166 Å². The van der Waals surface area contributed by atoms with Crippen LogP contribution in [0.5, 0.6) is 0 Å². The van der Waals surface area contributed by atoms with Crippen LogP contribution in [-0.2, 0) is 37.5 Å². The van der Waals surface area contributed by atoms with Crippen molar-refractivity contribution in [2.75, 3.05) is 47.5 Å². The van der Waals surface area contributed by atoms with E-state index in [9.17, 15) is 28.9 Å². The summed E-state index contributed by atoms with van der Waals surface area (Å²) in [6.07, 6.45) is 36.8. The van der Waals surface area contributed by atoms with Crippen LogP contribution in [0.15, 0.2) is 36.5 Å². The van der Waals surface area contributed by atoms with Crippen LogP contribution in [0.3, 0.4) is 0 Å². The molecule has 0 aromatic heterocycles. The van der Waals surface area contributed by atoms with Crippen LogP contribution < -0.4 is 0 Å². The molecular weight excluding hydrogens is 781 g/mol. The van der Waals surface area contributed by atoms with Crippen LogP contribution in [0.25, 0.3) is 0 Å². The van der Waals surface area contributed by atoms with E-state index in [2.05, 4.69) is 13.8 Å². The third kappa shape index (κ3) is 32.6. The minimum Gasteiger partial charge on any atom is -0.462 e. The molecule has 1 unspecified atom stereocenters. The van der Waals surface area contributed by atoms with E-state index in [-0.39, 0.29) is 43.7 Å².